The van der Waals surface area contributed by atoms with Crippen LogP contribution in [0.3, 0.4) is 0 Å². The van der Waals surface area contributed by atoms with Gasteiger partial charge in [-0.3, -0.25) is 20.2 Å². The summed E-state index contributed by atoms with van der Waals surface area (Å²) in [5.74, 6) is 0. The number of nitro groups is 2. The lowest BCUT2D eigenvalue weighted by Crippen LogP contribution is -2.38. The fourth-order valence-corrected chi connectivity index (χ4v) is 2.01. The Hall–Kier alpha value is -1.28. The van der Waals surface area contributed by atoms with Gasteiger partial charge in [0.25, 0.3) is 0 Å². The highest BCUT2D eigenvalue weighted by Crippen LogP contribution is 2.14. The van der Waals surface area contributed by atoms with Gasteiger partial charge in [-0.1, -0.05) is 39.5 Å². The highest BCUT2D eigenvalue weighted by Gasteiger charge is 2.34. The second-order valence-electron chi connectivity index (χ2n) is 5.99. The van der Waals surface area contributed by atoms with Gasteiger partial charge in [0.2, 0.25) is 11.6 Å². The molecule has 0 aliphatic carbocycles. The van der Waals surface area contributed by atoms with Crippen LogP contribution in [0, 0.1) is 20.2 Å². The third-order valence-corrected chi connectivity index (χ3v) is 3.72. The van der Waals surface area contributed by atoms with Crippen LogP contribution < -0.4 is 0 Å². The predicted octanol–water partition coefficient (Wildman–Crippen LogP) is 2.80. The van der Waals surface area contributed by atoms with Crippen molar-refractivity contribution in [3.63, 3.8) is 0 Å². The van der Waals surface area contributed by atoms with Crippen LogP contribution in [0.25, 0.3) is 0 Å². The van der Waals surface area contributed by atoms with Gasteiger partial charge < -0.3 is 10.2 Å². The fraction of sp³-hybridized carbons (Fsp3) is 1.00. The molecule has 0 aromatic rings. The fourth-order valence-electron chi connectivity index (χ4n) is 2.01. The summed E-state index contributed by atoms with van der Waals surface area (Å²) in [6.45, 7) is 4.73. The Morgan fingerprint density at radius 3 is 1.87 bits per heavy atom. The zero-order chi connectivity index (χ0) is 18.3. The average Bonchev–Trinajstić information content (AvgIpc) is 2.51. The lowest BCUT2D eigenvalue weighted by Gasteiger charge is -2.16. The first-order valence-electron chi connectivity index (χ1n) is 8.28. The average molecular weight is 336 g/mol. The summed E-state index contributed by atoms with van der Waals surface area (Å²) < 4.78 is 0. The molecule has 0 aliphatic rings. The molecule has 8 nitrogen and oxygen atoms in total. The molecule has 0 saturated heterocycles. The molecule has 0 rings (SSSR count). The van der Waals surface area contributed by atoms with Crippen LogP contribution in [0.15, 0.2) is 0 Å². The molecule has 23 heavy (non-hydrogen) atoms. The van der Waals surface area contributed by atoms with Gasteiger partial charge in [0.05, 0.1) is 0 Å². The van der Waals surface area contributed by atoms with Gasteiger partial charge in [0.1, 0.15) is 13.2 Å². The Bertz CT molecular complexity index is 327. The molecule has 0 aromatic heterocycles. The minimum atomic E-state index is -1.13. The molecular formula is C15H32N2O6. The standard InChI is InChI=1S/C9H19NO3.C6H13NO3/c1-2-3-4-5-6-7-9(8-11)10(12)13;1-3-4-6(2,5-8)7(9)10/h9,11H,2-8H2,1H3;8H,3-5H2,1-2H3. The predicted molar refractivity (Wildman–Crippen MR) is 88.6 cm³/mol. The molecule has 0 fully saturated rings. The second-order valence-corrected chi connectivity index (χ2v) is 5.99. The first-order chi connectivity index (χ1) is 10.8. The molecule has 0 amide bonds. The SMILES string of the molecule is CCCC(C)(CO)[N+](=O)[O-].CCCCCCCC(CO)[N+](=O)[O-]. The van der Waals surface area contributed by atoms with Crippen LogP contribution in [0.5, 0.6) is 0 Å². The first kappa shape index (κ1) is 24.0. The number of hydrogen-bond donors (Lipinski definition) is 2. The number of hydrogen-bond acceptors (Lipinski definition) is 6. The van der Waals surface area contributed by atoms with E-state index in [0.717, 1.165) is 25.7 Å². The van der Waals surface area contributed by atoms with Crippen molar-refractivity contribution in [2.45, 2.75) is 83.7 Å². The number of aliphatic hydroxyl groups is 2. The molecular weight excluding hydrogens is 304 g/mol. The molecule has 0 heterocycles. The van der Waals surface area contributed by atoms with Crippen molar-refractivity contribution in [2.24, 2.45) is 0 Å². The van der Waals surface area contributed by atoms with Crippen molar-refractivity contribution in [1.29, 1.82) is 0 Å². The number of rotatable bonds is 12. The Morgan fingerprint density at radius 2 is 1.57 bits per heavy atom. The minimum absolute atomic E-state index is 0.333. The second kappa shape index (κ2) is 14.3. The summed E-state index contributed by atoms with van der Waals surface area (Å²) in [6.07, 6.45) is 7.07. The Balaban J connectivity index is 0. The summed E-state index contributed by atoms with van der Waals surface area (Å²) >= 11 is 0. The van der Waals surface area contributed by atoms with Gasteiger partial charge in [0, 0.05) is 29.6 Å². The summed E-state index contributed by atoms with van der Waals surface area (Å²) in [4.78, 5) is 19.8. The quantitative estimate of drug-likeness (QED) is 0.320. The van der Waals surface area contributed by atoms with Crippen molar-refractivity contribution < 1.29 is 20.1 Å². The maximum atomic E-state index is 10.3. The summed E-state index contributed by atoms with van der Waals surface area (Å²) in [6, 6.07) is -0.748. The van der Waals surface area contributed by atoms with Gasteiger partial charge in [-0.05, 0) is 12.8 Å². The summed E-state index contributed by atoms with van der Waals surface area (Å²) in [5, 5.41) is 37.9. The maximum Gasteiger partial charge on any atom is 0.242 e. The summed E-state index contributed by atoms with van der Waals surface area (Å²) in [5.41, 5.74) is -1.13. The van der Waals surface area contributed by atoms with Crippen molar-refractivity contribution >= 4 is 0 Å². The van der Waals surface area contributed by atoms with E-state index in [4.69, 9.17) is 10.2 Å². The maximum absolute atomic E-state index is 10.3. The van der Waals surface area contributed by atoms with Gasteiger partial charge in [0.15, 0.2) is 0 Å². The zero-order valence-electron chi connectivity index (χ0n) is 14.6. The van der Waals surface area contributed by atoms with E-state index in [-0.39, 0.29) is 18.1 Å². The van der Waals surface area contributed by atoms with E-state index in [1.165, 1.54) is 19.8 Å². The van der Waals surface area contributed by atoms with Crippen LogP contribution in [0.4, 0.5) is 0 Å². The topological polar surface area (TPSA) is 127 Å². The molecule has 0 saturated carbocycles. The molecule has 0 spiro atoms. The van der Waals surface area contributed by atoms with Gasteiger partial charge in [-0.15, -0.1) is 0 Å². The molecule has 8 heteroatoms. The lowest BCUT2D eigenvalue weighted by molar-refractivity contribution is -0.570. The largest absolute Gasteiger partial charge is 0.389 e. The molecule has 138 valence electrons. The first-order valence-corrected chi connectivity index (χ1v) is 8.28. The Kier molecular flexibility index (Phi) is 14.9. The molecule has 2 unspecified atom stereocenters. The van der Waals surface area contributed by atoms with E-state index in [2.05, 4.69) is 6.92 Å². The van der Waals surface area contributed by atoms with Crippen molar-refractivity contribution in [2.75, 3.05) is 13.2 Å². The third kappa shape index (κ3) is 11.9. The van der Waals surface area contributed by atoms with E-state index in [1.807, 2.05) is 6.92 Å². The van der Waals surface area contributed by atoms with Crippen molar-refractivity contribution in [3.8, 4) is 0 Å². The van der Waals surface area contributed by atoms with Gasteiger partial charge in [-0.2, -0.15) is 0 Å². The summed E-state index contributed by atoms with van der Waals surface area (Å²) in [7, 11) is 0. The molecule has 2 atom stereocenters. The third-order valence-electron chi connectivity index (χ3n) is 3.72. The Morgan fingerprint density at radius 1 is 1.00 bits per heavy atom. The number of aliphatic hydroxyl groups excluding tert-OH is 2. The van der Waals surface area contributed by atoms with Crippen molar-refractivity contribution in [3.05, 3.63) is 20.2 Å². The molecule has 0 bridgehead atoms. The van der Waals surface area contributed by atoms with Crippen LogP contribution in [-0.4, -0.2) is 44.9 Å². The van der Waals surface area contributed by atoms with Crippen LogP contribution in [0.2, 0.25) is 0 Å². The van der Waals surface area contributed by atoms with Gasteiger partial charge in [-0.25, -0.2) is 0 Å². The van der Waals surface area contributed by atoms with Crippen molar-refractivity contribution in [1.82, 2.24) is 0 Å². The van der Waals surface area contributed by atoms with E-state index >= 15 is 0 Å². The van der Waals surface area contributed by atoms with Gasteiger partial charge >= 0.3 is 0 Å². The normalized spacial score (nSPS) is 14.3. The van der Waals surface area contributed by atoms with E-state index in [9.17, 15) is 20.2 Å². The minimum Gasteiger partial charge on any atom is -0.389 e. The van der Waals surface area contributed by atoms with Crippen LogP contribution in [0.1, 0.15) is 72.1 Å². The Labute approximate surface area is 138 Å². The molecule has 2 N–H and O–H groups in total. The molecule has 0 aliphatic heterocycles. The van der Waals surface area contributed by atoms with E-state index in [0.29, 0.717) is 12.8 Å². The zero-order valence-corrected chi connectivity index (χ0v) is 14.6. The monoisotopic (exact) mass is 336 g/mol. The number of nitrogens with zero attached hydrogens (tertiary/aromatic N) is 2. The highest BCUT2D eigenvalue weighted by atomic mass is 16.6. The lowest BCUT2D eigenvalue weighted by atomic mass is 9.99. The van der Waals surface area contributed by atoms with Crippen LogP contribution in [-0.2, 0) is 0 Å². The molecule has 0 aromatic carbocycles. The highest BCUT2D eigenvalue weighted by molar-refractivity contribution is 4.70. The van der Waals surface area contributed by atoms with E-state index < -0.39 is 16.5 Å². The number of unbranched alkanes of at least 4 members (excludes halogenated alkanes) is 4. The van der Waals surface area contributed by atoms with E-state index in [1.54, 1.807) is 0 Å². The smallest absolute Gasteiger partial charge is 0.242 e. The van der Waals surface area contributed by atoms with Crippen LogP contribution >= 0.6 is 0 Å². The molecule has 0 radical (unpaired) electrons.